The number of carbonyl (C=O) groups excluding carboxylic acids is 1. The lowest BCUT2D eigenvalue weighted by Crippen LogP contribution is -2.27. The van der Waals surface area contributed by atoms with Gasteiger partial charge in [0.05, 0.1) is 0 Å². The van der Waals surface area contributed by atoms with Gasteiger partial charge in [0, 0.05) is 5.57 Å². The molecule has 0 bridgehead atoms. The SMILES string of the molecule is C=C(C)C(=O)OCO[Si](C)(C)C. The average molecular weight is 188 g/mol. The molecule has 0 spiro atoms. The number of hydrogen-bond donors (Lipinski definition) is 0. The molecule has 0 aliphatic heterocycles. The highest BCUT2D eigenvalue weighted by Gasteiger charge is 2.14. The second kappa shape index (κ2) is 4.42. The van der Waals surface area contributed by atoms with E-state index in [1.54, 1.807) is 6.92 Å². The molecule has 0 N–H and O–H groups in total. The van der Waals surface area contributed by atoms with Crippen molar-refractivity contribution in [2.75, 3.05) is 6.79 Å². The third-order valence-electron chi connectivity index (χ3n) is 1.03. The minimum Gasteiger partial charge on any atom is -0.436 e. The molecule has 0 saturated heterocycles. The van der Waals surface area contributed by atoms with E-state index in [1.165, 1.54) is 0 Å². The predicted octanol–water partition coefficient (Wildman–Crippen LogP) is 1.91. The van der Waals surface area contributed by atoms with Gasteiger partial charge in [-0.05, 0) is 26.6 Å². The molecule has 0 aliphatic carbocycles. The lowest BCUT2D eigenvalue weighted by molar-refractivity contribution is -0.145. The molecule has 4 heteroatoms. The van der Waals surface area contributed by atoms with Crippen LogP contribution in [0.1, 0.15) is 6.92 Å². The van der Waals surface area contributed by atoms with Crippen molar-refractivity contribution in [3.63, 3.8) is 0 Å². The summed E-state index contributed by atoms with van der Waals surface area (Å²) in [5, 5.41) is 0. The summed E-state index contributed by atoms with van der Waals surface area (Å²) in [5.41, 5.74) is 0.397. The van der Waals surface area contributed by atoms with Crippen molar-refractivity contribution in [3.8, 4) is 0 Å². The predicted molar refractivity (Wildman–Crippen MR) is 50.2 cm³/mol. The van der Waals surface area contributed by atoms with E-state index < -0.39 is 14.3 Å². The first-order valence-corrected chi connectivity index (χ1v) is 7.20. The Morgan fingerprint density at radius 1 is 1.42 bits per heavy atom. The zero-order chi connectivity index (χ0) is 9.78. The van der Waals surface area contributed by atoms with Gasteiger partial charge >= 0.3 is 5.97 Å². The van der Waals surface area contributed by atoms with Crippen LogP contribution in [0.2, 0.25) is 19.6 Å². The second-order valence-electron chi connectivity index (χ2n) is 3.59. The lowest BCUT2D eigenvalue weighted by Gasteiger charge is -2.16. The van der Waals surface area contributed by atoms with E-state index in [2.05, 4.69) is 6.58 Å². The van der Waals surface area contributed by atoms with Crippen molar-refractivity contribution in [1.29, 1.82) is 0 Å². The maximum Gasteiger partial charge on any atom is 0.335 e. The zero-order valence-electron chi connectivity index (χ0n) is 8.14. The molecule has 0 atom stereocenters. The minimum atomic E-state index is -1.57. The summed E-state index contributed by atoms with van der Waals surface area (Å²) in [7, 11) is -1.57. The van der Waals surface area contributed by atoms with Crippen LogP contribution in [0, 0.1) is 0 Å². The van der Waals surface area contributed by atoms with Crippen LogP contribution in [0.5, 0.6) is 0 Å². The van der Waals surface area contributed by atoms with Crippen molar-refractivity contribution < 1.29 is 14.0 Å². The van der Waals surface area contributed by atoms with E-state index in [4.69, 9.17) is 9.16 Å². The van der Waals surface area contributed by atoms with Crippen LogP contribution in [0.15, 0.2) is 12.2 Å². The third-order valence-corrected chi connectivity index (χ3v) is 2.01. The zero-order valence-corrected chi connectivity index (χ0v) is 9.14. The highest BCUT2D eigenvalue weighted by molar-refractivity contribution is 6.69. The van der Waals surface area contributed by atoms with Crippen molar-refractivity contribution in [2.24, 2.45) is 0 Å². The monoisotopic (exact) mass is 188 g/mol. The van der Waals surface area contributed by atoms with Gasteiger partial charge in [-0.3, -0.25) is 0 Å². The second-order valence-corrected chi connectivity index (χ2v) is 8.10. The number of esters is 1. The van der Waals surface area contributed by atoms with Gasteiger partial charge in [-0.2, -0.15) is 0 Å². The molecule has 0 aliphatic rings. The summed E-state index contributed by atoms with van der Waals surface area (Å²) < 4.78 is 10.1. The standard InChI is InChI=1S/C8H16O3Si/c1-7(2)8(9)10-6-11-12(3,4)5/h1,6H2,2-5H3. The fraction of sp³-hybridized carbons (Fsp3) is 0.625. The van der Waals surface area contributed by atoms with Gasteiger partial charge in [0.1, 0.15) is 0 Å². The van der Waals surface area contributed by atoms with Crippen LogP contribution in [0.3, 0.4) is 0 Å². The van der Waals surface area contributed by atoms with Crippen molar-refractivity contribution in [2.45, 2.75) is 26.6 Å². The molecule has 0 heterocycles. The van der Waals surface area contributed by atoms with E-state index >= 15 is 0 Å². The lowest BCUT2D eigenvalue weighted by atomic mass is 10.4. The van der Waals surface area contributed by atoms with Gasteiger partial charge in [-0.25, -0.2) is 4.79 Å². The number of ether oxygens (including phenoxy) is 1. The summed E-state index contributed by atoms with van der Waals surface area (Å²) in [4.78, 5) is 10.8. The van der Waals surface area contributed by atoms with E-state index in [9.17, 15) is 4.79 Å². The van der Waals surface area contributed by atoms with E-state index in [0.717, 1.165) is 0 Å². The molecule has 70 valence electrons. The van der Waals surface area contributed by atoms with Gasteiger partial charge in [0.2, 0.25) is 0 Å². The van der Waals surface area contributed by atoms with Crippen LogP contribution >= 0.6 is 0 Å². The molecule has 0 aromatic carbocycles. The Hall–Kier alpha value is -0.613. The number of hydrogen-bond acceptors (Lipinski definition) is 3. The summed E-state index contributed by atoms with van der Waals surface area (Å²) >= 11 is 0. The van der Waals surface area contributed by atoms with Crippen LogP contribution in [0.4, 0.5) is 0 Å². The number of rotatable bonds is 4. The first kappa shape index (κ1) is 11.4. The van der Waals surface area contributed by atoms with Crippen molar-refractivity contribution in [1.82, 2.24) is 0 Å². The average Bonchev–Trinajstić information content (AvgIpc) is 1.84. The minimum absolute atomic E-state index is 0.0431. The molecule has 0 aromatic heterocycles. The largest absolute Gasteiger partial charge is 0.436 e. The Balaban J connectivity index is 3.58. The van der Waals surface area contributed by atoms with Crippen molar-refractivity contribution in [3.05, 3.63) is 12.2 Å². The molecule has 0 aromatic rings. The van der Waals surface area contributed by atoms with E-state index in [-0.39, 0.29) is 6.79 Å². The third kappa shape index (κ3) is 6.12. The Morgan fingerprint density at radius 2 is 1.92 bits per heavy atom. The van der Waals surface area contributed by atoms with Gasteiger partial charge in [-0.1, -0.05) is 6.58 Å². The summed E-state index contributed by atoms with van der Waals surface area (Å²) in [6, 6.07) is 0. The molecule has 0 fully saturated rings. The Bertz CT molecular complexity index is 181. The van der Waals surface area contributed by atoms with Gasteiger partial charge in [0.15, 0.2) is 15.1 Å². The fourth-order valence-corrected chi connectivity index (χ4v) is 0.795. The summed E-state index contributed by atoms with van der Waals surface area (Å²) in [6.45, 7) is 11.2. The highest BCUT2D eigenvalue weighted by atomic mass is 28.4. The molecule has 0 unspecified atom stereocenters. The smallest absolute Gasteiger partial charge is 0.335 e. The molecule has 0 saturated carbocycles. The Kier molecular flexibility index (Phi) is 4.20. The molecule has 0 rings (SSSR count). The number of carbonyl (C=O) groups is 1. The van der Waals surface area contributed by atoms with Crippen LogP contribution < -0.4 is 0 Å². The molecule has 0 radical (unpaired) electrons. The molecule has 12 heavy (non-hydrogen) atoms. The maximum atomic E-state index is 10.8. The van der Waals surface area contributed by atoms with Crippen LogP contribution in [0.25, 0.3) is 0 Å². The van der Waals surface area contributed by atoms with Gasteiger partial charge in [0.25, 0.3) is 0 Å². The fourth-order valence-electron chi connectivity index (χ4n) is 0.383. The van der Waals surface area contributed by atoms with Crippen LogP contribution in [-0.4, -0.2) is 21.1 Å². The molecule has 0 amide bonds. The van der Waals surface area contributed by atoms with E-state index in [0.29, 0.717) is 5.57 Å². The topological polar surface area (TPSA) is 35.5 Å². The first-order valence-electron chi connectivity index (χ1n) is 3.79. The Labute approximate surface area is 74.5 Å². The van der Waals surface area contributed by atoms with Crippen LogP contribution in [-0.2, 0) is 14.0 Å². The van der Waals surface area contributed by atoms with E-state index in [1.807, 2.05) is 19.6 Å². The normalized spacial score (nSPS) is 11.0. The molecular formula is C8H16O3Si. The quantitative estimate of drug-likeness (QED) is 0.292. The first-order chi connectivity index (χ1) is 5.33. The Morgan fingerprint density at radius 3 is 2.25 bits per heavy atom. The maximum absolute atomic E-state index is 10.8. The summed E-state index contributed by atoms with van der Waals surface area (Å²) in [6.07, 6.45) is 0. The highest BCUT2D eigenvalue weighted by Crippen LogP contribution is 2.02. The molecule has 3 nitrogen and oxygen atoms in total. The molecular weight excluding hydrogens is 172 g/mol. The van der Waals surface area contributed by atoms with Gasteiger partial charge < -0.3 is 9.16 Å². The van der Waals surface area contributed by atoms with Crippen molar-refractivity contribution >= 4 is 14.3 Å². The summed E-state index contributed by atoms with van der Waals surface area (Å²) in [5.74, 6) is -0.395. The van der Waals surface area contributed by atoms with Gasteiger partial charge in [-0.15, -0.1) is 0 Å².